The maximum atomic E-state index is 12.7. The number of carbonyl (C=O) groups excluding carboxylic acids is 1. The highest BCUT2D eigenvalue weighted by Gasteiger charge is 2.22. The number of carbonyl (C=O) groups is 1. The maximum Gasteiger partial charge on any atom is 0.252 e. The van der Waals surface area contributed by atoms with Crippen LogP contribution in [-0.2, 0) is 14.8 Å². The first-order valence-electron chi connectivity index (χ1n) is 11.1. The number of rotatable bonds is 9. The number of fused-ring (bicyclic) bond motifs is 1. The third kappa shape index (κ3) is 5.04. The number of benzene rings is 1. The quantitative estimate of drug-likeness (QED) is 0.226. The molecule has 0 aliphatic carbocycles. The number of aromatic nitrogens is 6. The van der Waals surface area contributed by atoms with Crippen molar-refractivity contribution in [3.05, 3.63) is 48.4 Å². The zero-order valence-electron chi connectivity index (χ0n) is 20.1. The van der Waals surface area contributed by atoms with Gasteiger partial charge in [0, 0.05) is 25.4 Å². The Bertz CT molecular complexity index is 1730. The standard InChI is InChI=1S/C22H21N9O5S2/c1-12-21(37-22(26-12)27-13(2)32)38(33,34)25-9-10-35-15-5-3-14(4-6-15)31-17-7-8-24-11-16(17)28-20(31)18-19(23)30-36-29-18/h3-8,11,25H,9-10H2,1-2H3,(H2,23,30)(H,26,27,32). The molecular formula is C22H21N9O5S2. The molecule has 16 heteroatoms. The number of nitrogens with two attached hydrogens (primary N) is 1. The highest BCUT2D eigenvalue weighted by atomic mass is 32.2. The monoisotopic (exact) mass is 555 g/mol. The van der Waals surface area contributed by atoms with E-state index in [-0.39, 0.29) is 34.2 Å². The number of hydrogen-bond donors (Lipinski definition) is 3. The number of nitrogens with one attached hydrogen (secondary N) is 2. The fourth-order valence-electron chi connectivity index (χ4n) is 3.64. The topological polar surface area (TPSA) is 193 Å². The summed E-state index contributed by atoms with van der Waals surface area (Å²) in [5.41, 5.74) is 8.67. The molecule has 196 valence electrons. The molecule has 0 aliphatic heterocycles. The van der Waals surface area contributed by atoms with E-state index in [9.17, 15) is 13.2 Å². The minimum Gasteiger partial charge on any atom is -0.492 e. The molecule has 5 rings (SSSR count). The van der Waals surface area contributed by atoms with Gasteiger partial charge in [0.2, 0.25) is 5.91 Å². The van der Waals surface area contributed by atoms with E-state index in [1.54, 1.807) is 31.5 Å². The van der Waals surface area contributed by atoms with Gasteiger partial charge in [-0.05, 0) is 47.6 Å². The van der Waals surface area contributed by atoms with E-state index >= 15 is 0 Å². The number of pyridine rings is 1. The van der Waals surface area contributed by atoms with Crippen LogP contribution >= 0.6 is 11.3 Å². The van der Waals surface area contributed by atoms with Crippen molar-refractivity contribution in [3.8, 4) is 23.0 Å². The van der Waals surface area contributed by atoms with Crippen molar-refractivity contribution in [1.29, 1.82) is 0 Å². The van der Waals surface area contributed by atoms with E-state index in [2.05, 4.69) is 35.3 Å². The van der Waals surface area contributed by atoms with Crippen LogP contribution in [0.4, 0.5) is 10.9 Å². The van der Waals surface area contributed by atoms with Gasteiger partial charge in [0.1, 0.15) is 17.9 Å². The van der Waals surface area contributed by atoms with Crippen LogP contribution in [-0.4, -0.2) is 57.3 Å². The maximum absolute atomic E-state index is 12.7. The van der Waals surface area contributed by atoms with Crippen molar-refractivity contribution in [3.63, 3.8) is 0 Å². The third-order valence-electron chi connectivity index (χ3n) is 5.22. The summed E-state index contributed by atoms with van der Waals surface area (Å²) in [4.78, 5) is 24.0. The molecule has 0 unspecified atom stereocenters. The molecule has 0 saturated heterocycles. The lowest BCUT2D eigenvalue weighted by Gasteiger charge is -2.11. The van der Waals surface area contributed by atoms with Gasteiger partial charge in [0.15, 0.2) is 26.7 Å². The van der Waals surface area contributed by atoms with Crippen LogP contribution in [0.15, 0.2) is 51.6 Å². The molecule has 0 fully saturated rings. The van der Waals surface area contributed by atoms with Gasteiger partial charge in [0.25, 0.3) is 10.0 Å². The second-order valence-corrected chi connectivity index (χ2v) is 10.9. The van der Waals surface area contributed by atoms with E-state index in [1.165, 1.54) is 6.92 Å². The van der Waals surface area contributed by atoms with Crippen molar-refractivity contribution in [2.24, 2.45) is 0 Å². The first-order valence-corrected chi connectivity index (χ1v) is 13.4. The minimum absolute atomic E-state index is 0.0264. The van der Waals surface area contributed by atoms with Gasteiger partial charge in [-0.15, -0.1) is 0 Å². The van der Waals surface area contributed by atoms with Crippen molar-refractivity contribution in [1.82, 2.24) is 34.6 Å². The van der Waals surface area contributed by atoms with Crippen molar-refractivity contribution < 1.29 is 22.6 Å². The van der Waals surface area contributed by atoms with E-state index < -0.39 is 10.0 Å². The Kier molecular flexibility index (Phi) is 6.75. The Morgan fingerprint density at radius 2 is 1.97 bits per heavy atom. The number of sulfonamides is 1. The highest BCUT2D eigenvalue weighted by molar-refractivity contribution is 7.91. The lowest BCUT2D eigenvalue weighted by atomic mass is 10.2. The smallest absolute Gasteiger partial charge is 0.252 e. The largest absolute Gasteiger partial charge is 0.492 e. The van der Waals surface area contributed by atoms with Crippen molar-refractivity contribution in [2.75, 3.05) is 24.2 Å². The van der Waals surface area contributed by atoms with Gasteiger partial charge in [-0.25, -0.2) is 27.7 Å². The Morgan fingerprint density at radius 1 is 1.18 bits per heavy atom. The summed E-state index contributed by atoms with van der Waals surface area (Å²) < 4.78 is 40.1. The summed E-state index contributed by atoms with van der Waals surface area (Å²) in [6.45, 7) is 3.00. The molecule has 4 aromatic heterocycles. The molecule has 0 spiro atoms. The fourth-order valence-corrected chi connectivity index (χ4v) is 6.16. The van der Waals surface area contributed by atoms with E-state index in [0.29, 0.717) is 28.5 Å². The Morgan fingerprint density at radius 3 is 2.68 bits per heavy atom. The van der Waals surface area contributed by atoms with Crippen LogP contribution in [0.3, 0.4) is 0 Å². The average Bonchev–Trinajstić information content (AvgIpc) is 3.58. The molecule has 1 aromatic carbocycles. The van der Waals surface area contributed by atoms with Crippen LogP contribution in [0, 0.1) is 6.92 Å². The number of hydrogen-bond acceptors (Lipinski definition) is 12. The van der Waals surface area contributed by atoms with Crippen molar-refractivity contribution in [2.45, 2.75) is 18.1 Å². The van der Waals surface area contributed by atoms with Gasteiger partial charge in [-0.1, -0.05) is 11.3 Å². The molecule has 4 heterocycles. The third-order valence-corrected chi connectivity index (χ3v) is 8.36. The summed E-state index contributed by atoms with van der Waals surface area (Å²) in [6.07, 6.45) is 3.29. The fraction of sp³-hybridized carbons (Fsp3) is 0.182. The van der Waals surface area contributed by atoms with Gasteiger partial charge in [0.05, 0.1) is 17.4 Å². The molecule has 14 nitrogen and oxygen atoms in total. The Hall–Kier alpha value is -4.41. The Labute approximate surface area is 219 Å². The molecule has 0 saturated carbocycles. The summed E-state index contributed by atoms with van der Waals surface area (Å²) in [5, 5.41) is 10.2. The van der Waals surface area contributed by atoms with Gasteiger partial charge >= 0.3 is 0 Å². The van der Waals surface area contributed by atoms with Crippen LogP contribution < -0.4 is 20.5 Å². The number of nitrogens with zero attached hydrogens (tertiary/aromatic N) is 6. The van der Waals surface area contributed by atoms with Gasteiger partial charge in [-0.3, -0.25) is 14.3 Å². The highest BCUT2D eigenvalue weighted by Crippen LogP contribution is 2.30. The summed E-state index contributed by atoms with van der Waals surface area (Å²) >= 11 is 0.883. The van der Waals surface area contributed by atoms with E-state index in [0.717, 1.165) is 22.5 Å². The Balaban J connectivity index is 1.27. The predicted octanol–water partition coefficient (Wildman–Crippen LogP) is 2.13. The van der Waals surface area contributed by atoms with Crippen LogP contribution in [0.2, 0.25) is 0 Å². The number of anilines is 2. The number of amides is 1. The van der Waals surface area contributed by atoms with E-state index in [1.807, 2.05) is 22.8 Å². The van der Waals surface area contributed by atoms with Crippen LogP contribution in [0.25, 0.3) is 28.2 Å². The predicted molar refractivity (Wildman–Crippen MR) is 138 cm³/mol. The lowest BCUT2D eigenvalue weighted by molar-refractivity contribution is -0.114. The SMILES string of the molecule is CC(=O)Nc1nc(C)c(S(=O)(=O)NCCOc2ccc(-n3c(-c4nonc4N)nc4cnccc43)cc2)s1. The number of thiazole rings is 1. The van der Waals surface area contributed by atoms with Crippen molar-refractivity contribution >= 4 is 49.3 Å². The molecule has 0 aliphatic rings. The first kappa shape index (κ1) is 25.2. The number of aryl methyl sites for hydroxylation is 1. The van der Waals surface area contributed by atoms with Gasteiger partial charge in [-0.2, -0.15) is 0 Å². The molecule has 1 amide bonds. The number of nitrogen functional groups attached to an aromatic ring is 1. The molecule has 0 bridgehead atoms. The molecule has 38 heavy (non-hydrogen) atoms. The molecule has 5 aromatic rings. The second-order valence-electron chi connectivity index (χ2n) is 7.95. The minimum atomic E-state index is -3.82. The first-order chi connectivity index (χ1) is 18.2. The van der Waals surface area contributed by atoms with E-state index in [4.69, 9.17) is 15.1 Å². The summed E-state index contributed by atoms with van der Waals surface area (Å²) in [5.74, 6) is 0.751. The molecule has 0 atom stereocenters. The van der Waals surface area contributed by atoms with Crippen LogP contribution in [0.1, 0.15) is 12.6 Å². The zero-order valence-corrected chi connectivity index (χ0v) is 21.7. The summed E-state index contributed by atoms with van der Waals surface area (Å²) in [7, 11) is -3.82. The lowest BCUT2D eigenvalue weighted by Crippen LogP contribution is -2.28. The molecular weight excluding hydrogens is 534 g/mol. The van der Waals surface area contributed by atoms with Crippen LogP contribution in [0.5, 0.6) is 5.75 Å². The second kappa shape index (κ2) is 10.2. The normalized spacial score (nSPS) is 11.6. The average molecular weight is 556 g/mol. The number of ether oxygens (including phenoxy) is 1. The molecule has 4 N–H and O–H groups in total. The zero-order chi connectivity index (χ0) is 26.9. The number of imidazole rings is 1. The van der Waals surface area contributed by atoms with Gasteiger partial charge < -0.3 is 15.8 Å². The summed E-state index contributed by atoms with van der Waals surface area (Å²) in [6, 6.07) is 8.95. The molecule has 0 radical (unpaired) electrons.